The molecule has 1 amide bonds. The van der Waals surface area contributed by atoms with Crippen molar-refractivity contribution in [1.29, 1.82) is 0 Å². The highest BCUT2D eigenvalue weighted by Gasteiger charge is 2.23. The van der Waals surface area contributed by atoms with Crippen LogP contribution in [0.3, 0.4) is 0 Å². The quantitative estimate of drug-likeness (QED) is 0.835. The van der Waals surface area contributed by atoms with Crippen molar-refractivity contribution in [3.63, 3.8) is 0 Å². The maximum Gasteiger partial charge on any atom is 0.408 e. The lowest BCUT2D eigenvalue weighted by atomic mass is 9.99. The molecule has 0 saturated heterocycles. The molecule has 0 unspecified atom stereocenters. The average Bonchev–Trinajstić information content (AvgIpc) is 2.34. The Kier molecular flexibility index (Phi) is 6.61. The van der Waals surface area contributed by atoms with Gasteiger partial charge in [0.25, 0.3) is 0 Å². The Balaban J connectivity index is 2.88. The smallest absolute Gasteiger partial charge is 0.408 e. The number of benzene rings is 1. The number of esters is 1. The number of ether oxygens (including phenoxy) is 2. The molecule has 0 saturated carbocycles. The third-order valence-electron chi connectivity index (χ3n) is 3.07. The van der Waals surface area contributed by atoms with E-state index in [0.717, 1.165) is 11.1 Å². The fraction of sp³-hybridized carbons (Fsp3) is 0.556. The summed E-state index contributed by atoms with van der Waals surface area (Å²) in [4.78, 5) is 23.2. The maximum absolute atomic E-state index is 12.1. The zero-order valence-electron chi connectivity index (χ0n) is 14.8. The van der Waals surface area contributed by atoms with Crippen LogP contribution in [-0.4, -0.2) is 23.8 Å². The third kappa shape index (κ3) is 7.68. The highest BCUT2D eigenvalue weighted by atomic mass is 16.6. The van der Waals surface area contributed by atoms with Crippen molar-refractivity contribution in [2.75, 3.05) is 0 Å². The Bertz CT molecular complexity index is 548. The Labute approximate surface area is 138 Å². The molecule has 1 aromatic carbocycles. The molecule has 0 aromatic heterocycles. The van der Waals surface area contributed by atoms with E-state index in [1.807, 2.05) is 52.0 Å². The summed E-state index contributed by atoms with van der Waals surface area (Å²) in [7, 11) is 0. The number of nitrogens with one attached hydrogen (secondary N) is 1. The number of hydrogen-bond donors (Lipinski definition) is 1. The number of alkyl carbamates (subject to hydrolysis) is 1. The Morgan fingerprint density at radius 3 is 2.43 bits per heavy atom. The second-order valence-corrected chi connectivity index (χ2v) is 6.77. The minimum Gasteiger partial charge on any atom is -0.463 e. The van der Waals surface area contributed by atoms with Gasteiger partial charge >= 0.3 is 12.1 Å². The molecule has 0 spiro atoms. The van der Waals surface area contributed by atoms with Crippen LogP contribution in [0.4, 0.5) is 4.79 Å². The molecule has 5 nitrogen and oxygen atoms in total. The maximum atomic E-state index is 12.1. The van der Waals surface area contributed by atoms with Crippen LogP contribution in [0, 0.1) is 6.92 Å². The summed E-state index contributed by atoms with van der Waals surface area (Å²) in [5.41, 5.74) is 1.48. The summed E-state index contributed by atoms with van der Waals surface area (Å²) in [6.45, 7) is 10.6. The van der Waals surface area contributed by atoms with Gasteiger partial charge in [0, 0.05) is 13.3 Å². The molecule has 0 aliphatic heterocycles. The molecule has 1 rings (SSSR count). The zero-order chi connectivity index (χ0) is 17.6. The predicted molar refractivity (Wildman–Crippen MR) is 89.1 cm³/mol. The third-order valence-corrected chi connectivity index (χ3v) is 3.07. The summed E-state index contributed by atoms with van der Waals surface area (Å²) in [5.74, 6) is -0.335. The van der Waals surface area contributed by atoms with Crippen LogP contribution in [0.5, 0.6) is 0 Å². The minimum absolute atomic E-state index is 0.293. The van der Waals surface area contributed by atoms with E-state index in [1.165, 1.54) is 6.92 Å². The zero-order valence-corrected chi connectivity index (χ0v) is 14.8. The van der Waals surface area contributed by atoms with Crippen LogP contribution in [0.25, 0.3) is 0 Å². The Hall–Kier alpha value is -2.04. The SMILES string of the molecule is CC(=O)O[C@H](C)C[C@@H](NC(=O)OC(C)(C)C)c1cccc(C)c1. The molecule has 5 heteroatoms. The van der Waals surface area contributed by atoms with Crippen molar-refractivity contribution in [2.45, 2.75) is 65.7 Å². The second-order valence-electron chi connectivity index (χ2n) is 6.77. The molecule has 0 bridgehead atoms. The topological polar surface area (TPSA) is 64.6 Å². The van der Waals surface area contributed by atoms with Crippen molar-refractivity contribution in [3.05, 3.63) is 35.4 Å². The largest absolute Gasteiger partial charge is 0.463 e. The highest BCUT2D eigenvalue weighted by Crippen LogP contribution is 2.22. The van der Waals surface area contributed by atoms with Crippen molar-refractivity contribution >= 4 is 12.1 Å². The van der Waals surface area contributed by atoms with Gasteiger partial charge in [0.05, 0.1) is 6.04 Å². The van der Waals surface area contributed by atoms with Crippen LogP contribution < -0.4 is 5.32 Å². The van der Waals surface area contributed by atoms with Gasteiger partial charge in [0.1, 0.15) is 11.7 Å². The van der Waals surface area contributed by atoms with E-state index in [4.69, 9.17) is 9.47 Å². The molecular formula is C18H27NO4. The van der Waals surface area contributed by atoms with Gasteiger partial charge in [-0.15, -0.1) is 0 Å². The average molecular weight is 321 g/mol. The van der Waals surface area contributed by atoms with Gasteiger partial charge in [-0.25, -0.2) is 4.79 Å². The molecule has 0 heterocycles. The number of carbonyl (C=O) groups excluding carboxylic acids is 2. The first-order chi connectivity index (χ1) is 10.6. The molecule has 23 heavy (non-hydrogen) atoms. The van der Waals surface area contributed by atoms with E-state index in [1.54, 1.807) is 6.92 Å². The lowest BCUT2D eigenvalue weighted by Crippen LogP contribution is -2.36. The number of aryl methyl sites for hydroxylation is 1. The van der Waals surface area contributed by atoms with Gasteiger partial charge in [0.2, 0.25) is 0 Å². The monoisotopic (exact) mass is 321 g/mol. The van der Waals surface area contributed by atoms with E-state index in [-0.39, 0.29) is 18.1 Å². The van der Waals surface area contributed by atoms with Crippen LogP contribution in [0.1, 0.15) is 58.2 Å². The van der Waals surface area contributed by atoms with Gasteiger partial charge in [-0.3, -0.25) is 4.79 Å². The molecule has 2 atom stereocenters. The fourth-order valence-corrected chi connectivity index (χ4v) is 2.28. The molecule has 0 radical (unpaired) electrons. The Morgan fingerprint density at radius 1 is 1.26 bits per heavy atom. The van der Waals surface area contributed by atoms with Crippen LogP contribution in [0.15, 0.2) is 24.3 Å². The summed E-state index contributed by atoms with van der Waals surface area (Å²) in [6, 6.07) is 7.58. The molecule has 0 aliphatic rings. The van der Waals surface area contributed by atoms with Crippen LogP contribution in [-0.2, 0) is 14.3 Å². The fourth-order valence-electron chi connectivity index (χ4n) is 2.28. The van der Waals surface area contributed by atoms with E-state index >= 15 is 0 Å². The molecular weight excluding hydrogens is 294 g/mol. The van der Waals surface area contributed by atoms with Crippen molar-refractivity contribution in [2.24, 2.45) is 0 Å². The lowest BCUT2D eigenvalue weighted by molar-refractivity contribution is -0.145. The first-order valence-electron chi connectivity index (χ1n) is 7.80. The van der Waals surface area contributed by atoms with Crippen molar-refractivity contribution < 1.29 is 19.1 Å². The molecule has 0 fully saturated rings. The summed E-state index contributed by atoms with van der Waals surface area (Å²) in [5, 5.41) is 2.87. The van der Waals surface area contributed by atoms with Crippen LogP contribution in [0.2, 0.25) is 0 Å². The van der Waals surface area contributed by atoms with Crippen molar-refractivity contribution in [3.8, 4) is 0 Å². The number of carbonyl (C=O) groups is 2. The van der Waals surface area contributed by atoms with Gasteiger partial charge in [-0.05, 0) is 40.2 Å². The van der Waals surface area contributed by atoms with Gasteiger partial charge in [-0.1, -0.05) is 29.8 Å². The molecule has 1 N–H and O–H groups in total. The first kappa shape index (κ1) is 19.0. The first-order valence-corrected chi connectivity index (χ1v) is 7.80. The molecule has 1 aromatic rings. The molecule has 0 aliphatic carbocycles. The standard InChI is InChI=1S/C18H27NO4/c1-12-8-7-9-15(10-12)16(11-13(2)22-14(3)20)19-17(21)23-18(4,5)6/h7-10,13,16H,11H2,1-6H3,(H,19,21)/t13-,16-/m1/s1. The van der Waals surface area contributed by atoms with E-state index < -0.39 is 11.7 Å². The number of amides is 1. The summed E-state index contributed by atoms with van der Waals surface area (Å²) in [6.07, 6.45) is -0.325. The second kappa shape index (κ2) is 7.99. The highest BCUT2D eigenvalue weighted by molar-refractivity contribution is 5.68. The van der Waals surface area contributed by atoms with E-state index in [2.05, 4.69) is 5.32 Å². The lowest BCUT2D eigenvalue weighted by Gasteiger charge is -2.25. The number of rotatable bonds is 5. The molecule has 128 valence electrons. The van der Waals surface area contributed by atoms with E-state index in [9.17, 15) is 9.59 Å². The van der Waals surface area contributed by atoms with Crippen LogP contribution >= 0.6 is 0 Å². The Morgan fingerprint density at radius 2 is 1.91 bits per heavy atom. The number of hydrogen-bond acceptors (Lipinski definition) is 4. The minimum atomic E-state index is -0.567. The normalized spacial score (nSPS) is 13.8. The van der Waals surface area contributed by atoms with Crippen molar-refractivity contribution in [1.82, 2.24) is 5.32 Å². The van der Waals surface area contributed by atoms with Gasteiger partial charge in [-0.2, -0.15) is 0 Å². The predicted octanol–water partition coefficient (Wildman–Crippen LogP) is 3.90. The summed E-state index contributed by atoms with van der Waals surface area (Å²) < 4.78 is 10.5. The van der Waals surface area contributed by atoms with Gasteiger partial charge < -0.3 is 14.8 Å². The summed E-state index contributed by atoms with van der Waals surface area (Å²) >= 11 is 0. The van der Waals surface area contributed by atoms with Gasteiger partial charge in [0.15, 0.2) is 0 Å². The van der Waals surface area contributed by atoms with E-state index in [0.29, 0.717) is 6.42 Å².